The molecule has 0 aliphatic carbocycles. The predicted octanol–water partition coefficient (Wildman–Crippen LogP) is 3.80. The van der Waals surface area contributed by atoms with Gasteiger partial charge in [-0.15, -0.1) is 11.3 Å². The molecule has 12 heteroatoms. The molecule has 5 rings (SSSR count). The smallest absolute Gasteiger partial charge is 0.294 e. The van der Waals surface area contributed by atoms with Crippen molar-refractivity contribution in [3.05, 3.63) is 81.6 Å². The Kier molecular flexibility index (Phi) is 7.10. The van der Waals surface area contributed by atoms with Crippen LogP contribution in [0.1, 0.15) is 34.8 Å². The quantitative estimate of drug-likeness (QED) is 0.424. The number of nitroso groups, excluding NO2 is 1. The van der Waals surface area contributed by atoms with E-state index in [0.717, 1.165) is 27.3 Å². The Morgan fingerprint density at radius 2 is 1.84 bits per heavy atom. The first-order chi connectivity index (χ1) is 17.6. The van der Waals surface area contributed by atoms with Gasteiger partial charge in [0.15, 0.2) is 5.25 Å². The lowest BCUT2D eigenvalue weighted by Gasteiger charge is -2.32. The fourth-order valence-corrected chi connectivity index (χ4v) is 9.12. The van der Waals surface area contributed by atoms with Gasteiger partial charge in [-0.2, -0.15) is 0 Å². The zero-order valence-corrected chi connectivity index (χ0v) is 22.8. The van der Waals surface area contributed by atoms with Crippen LogP contribution in [0.15, 0.2) is 60.0 Å². The molecule has 0 amide bonds. The van der Waals surface area contributed by atoms with Gasteiger partial charge in [0, 0.05) is 29.7 Å². The molecule has 37 heavy (non-hydrogen) atoms. The molecule has 2 N–H and O–H groups in total. The molecule has 0 spiro atoms. The van der Waals surface area contributed by atoms with E-state index in [2.05, 4.69) is 5.32 Å². The molecule has 2 aromatic carbocycles. The van der Waals surface area contributed by atoms with E-state index < -0.39 is 25.3 Å². The van der Waals surface area contributed by atoms with Gasteiger partial charge in [-0.1, -0.05) is 42.5 Å². The summed E-state index contributed by atoms with van der Waals surface area (Å²) in [6, 6.07) is 17.3. The highest BCUT2D eigenvalue weighted by molar-refractivity contribution is 7.89. The standard InChI is InChI=1S/C25H29N4O5S3/c1-18-23(24-15-29(30)27-37(24,33)34)16-35-25(18)20-8-5-9-22(14-20)26-21-10-12-28(13-11-21)36(31,32)17-19-6-3-2-4-7-19/h2-9,14,16,21,24,26H,10-13,15,17H2,1H3,(H,27,30)/q+1. The topological polar surface area (TPSA) is 116 Å². The van der Waals surface area contributed by atoms with Crippen LogP contribution in [0, 0.1) is 11.8 Å². The fourth-order valence-electron chi connectivity index (χ4n) is 4.93. The lowest BCUT2D eigenvalue weighted by Crippen LogP contribution is -2.42. The van der Waals surface area contributed by atoms with Gasteiger partial charge in [0.05, 0.1) is 10.7 Å². The number of hydrogen-bond donors (Lipinski definition) is 2. The molecule has 1 unspecified atom stereocenters. The zero-order chi connectivity index (χ0) is 26.2. The molecule has 0 radical (unpaired) electrons. The van der Waals surface area contributed by atoms with E-state index in [1.165, 1.54) is 11.3 Å². The van der Waals surface area contributed by atoms with Crippen LogP contribution < -0.4 is 10.1 Å². The Labute approximate surface area is 221 Å². The average Bonchev–Trinajstić information content (AvgIpc) is 3.36. The first kappa shape index (κ1) is 25.8. The molecule has 2 aliphatic rings. The van der Waals surface area contributed by atoms with Crippen molar-refractivity contribution in [2.45, 2.75) is 36.8 Å². The second-order valence-electron chi connectivity index (χ2n) is 9.47. The van der Waals surface area contributed by atoms with Crippen LogP contribution in [0.5, 0.6) is 0 Å². The summed E-state index contributed by atoms with van der Waals surface area (Å²) >= 11 is 1.46. The number of hydrogen-bond acceptors (Lipinski definition) is 7. The van der Waals surface area contributed by atoms with Crippen LogP contribution in [0.2, 0.25) is 0 Å². The third kappa shape index (κ3) is 5.57. The van der Waals surface area contributed by atoms with Gasteiger partial charge in [-0.3, -0.25) is 0 Å². The molecule has 2 fully saturated rings. The largest absolute Gasteiger partial charge is 0.382 e. The van der Waals surface area contributed by atoms with Gasteiger partial charge < -0.3 is 5.32 Å². The molecular weight excluding hydrogens is 532 g/mol. The third-order valence-electron chi connectivity index (χ3n) is 6.89. The molecule has 9 nitrogen and oxygen atoms in total. The maximum Gasteiger partial charge on any atom is 0.294 e. The van der Waals surface area contributed by atoms with Crippen molar-refractivity contribution in [3.8, 4) is 10.4 Å². The van der Waals surface area contributed by atoms with Crippen LogP contribution in [0.4, 0.5) is 5.69 Å². The average molecular weight is 562 g/mol. The summed E-state index contributed by atoms with van der Waals surface area (Å²) in [4.78, 5) is 14.9. The fraction of sp³-hybridized carbons (Fsp3) is 0.360. The van der Waals surface area contributed by atoms with Gasteiger partial charge in [-0.25, -0.2) is 21.1 Å². The molecule has 3 aromatic rings. The second kappa shape index (κ2) is 10.2. The number of piperidine rings is 1. The minimum Gasteiger partial charge on any atom is -0.382 e. The molecule has 0 saturated carbocycles. The van der Waals surface area contributed by atoms with Gasteiger partial charge in [-0.05, 0) is 64.4 Å². The Morgan fingerprint density at radius 3 is 2.51 bits per heavy atom. The number of benzene rings is 2. The predicted molar refractivity (Wildman–Crippen MR) is 145 cm³/mol. The van der Waals surface area contributed by atoms with Gasteiger partial charge in [0.25, 0.3) is 10.0 Å². The molecule has 3 heterocycles. The second-order valence-corrected chi connectivity index (χ2v) is 14.2. The lowest BCUT2D eigenvalue weighted by molar-refractivity contribution is -0.575. The zero-order valence-electron chi connectivity index (χ0n) is 20.3. The van der Waals surface area contributed by atoms with E-state index in [9.17, 15) is 21.7 Å². The minimum atomic E-state index is -3.73. The lowest BCUT2D eigenvalue weighted by atomic mass is 10.0. The summed E-state index contributed by atoms with van der Waals surface area (Å²) in [5.74, 6) is 0.0151. The molecule has 1 aromatic heterocycles. The Hall–Kier alpha value is -2.80. The maximum atomic E-state index is 12.9. The highest BCUT2D eigenvalue weighted by atomic mass is 32.2. The Bertz CT molecular complexity index is 1510. The summed E-state index contributed by atoms with van der Waals surface area (Å²) in [6.45, 7) is 2.69. The van der Waals surface area contributed by atoms with Crippen molar-refractivity contribution in [1.82, 2.24) is 9.14 Å². The first-order valence-corrected chi connectivity index (χ1v) is 16.1. The van der Waals surface area contributed by atoms with Crippen LogP contribution >= 0.6 is 11.3 Å². The van der Waals surface area contributed by atoms with Gasteiger partial charge in [0.1, 0.15) is 4.87 Å². The summed E-state index contributed by atoms with van der Waals surface area (Å²) in [5, 5.41) is 4.47. The van der Waals surface area contributed by atoms with Crippen molar-refractivity contribution in [3.63, 3.8) is 0 Å². The van der Waals surface area contributed by atoms with Crippen molar-refractivity contribution in [1.29, 1.82) is 0 Å². The van der Waals surface area contributed by atoms with E-state index in [1.54, 1.807) is 4.31 Å². The van der Waals surface area contributed by atoms with Crippen LogP contribution in [-0.4, -0.2) is 51.7 Å². The van der Waals surface area contributed by atoms with Gasteiger partial charge in [0.2, 0.25) is 16.6 Å². The summed E-state index contributed by atoms with van der Waals surface area (Å²) in [5.41, 5.74) is 4.18. The third-order valence-corrected chi connectivity index (χ3v) is 11.5. The Morgan fingerprint density at radius 1 is 1.11 bits per heavy atom. The molecule has 2 aliphatic heterocycles. The normalized spacial score (nSPS) is 20.6. The summed E-state index contributed by atoms with van der Waals surface area (Å²) < 4.78 is 51.9. The highest BCUT2D eigenvalue weighted by Gasteiger charge is 2.46. The minimum absolute atomic E-state index is 0.0151. The number of nitrogens with one attached hydrogen (secondary N) is 2. The van der Waals surface area contributed by atoms with Crippen molar-refractivity contribution in [2.75, 3.05) is 25.0 Å². The molecule has 196 valence electrons. The van der Waals surface area contributed by atoms with E-state index in [1.807, 2.05) is 71.7 Å². The van der Waals surface area contributed by atoms with Crippen molar-refractivity contribution >= 4 is 37.1 Å². The summed E-state index contributed by atoms with van der Waals surface area (Å²) in [6.07, 6.45) is 1.41. The van der Waals surface area contributed by atoms with Crippen molar-refractivity contribution < 1.29 is 21.7 Å². The Balaban J connectivity index is 1.24. The highest BCUT2D eigenvalue weighted by Crippen LogP contribution is 2.39. The summed E-state index contributed by atoms with van der Waals surface area (Å²) in [7, 11) is -7.09. The molecule has 1 atom stereocenters. The van der Waals surface area contributed by atoms with Crippen LogP contribution in [-0.2, 0) is 25.8 Å². The molecular formula is C25H29N4O5S3+. The van der Waals surface area contributed by atoms with E-state index >= 15 is 0 Å². The number of nitrogens with zero attached hydrogens (tertiary/aromatic N) is 2. The number of rotatable bonds is 7. The number of sulfonamides is 2. The number of hydrazine groups is 1. The SMILES string of the molecule is Cc1c(C2C[N+](=O)NS2(=O)=O)csc1-c1cccc(NC2CCN(S(=O)(=O)Cc3ccccc3)CC2)c1. The number of anilines is 1. The van der Waals surface area contributed by atoms with E-state index in [0.29, 0.717) is 36.4 Å². The van der Waals surface area contributed by atoms with Crippen molar-refractivity contribution in [2.24, 2.45) is 0 Å². The monoisotopic (exact) mass is 561 g/mol. The first-order valence-electron chi connectivity index (χ1n) is 12.0. The maximum absolute atomic E-state index is 12.9. The number of thiophene rings is 1. The van der Waals surface area contributed by atoms with Crippen LogP contribution in [0.3, 0.4) is 0 Å². The van der Waals surface area contributed by atoms with Gasteiger partial charge >= 0.3 is 0 Å². The molecule has 0 bridgehead atoms. The van der Waals surface area contributed by atoms with E-state index in [-0.39, 0.29) is 18.3 Å². The van der Waals surface area contributed by atoms with E-state index in [4.69, 9.17) is 0 Å². The molecule has 2 saturated heterocycles. The van der Waals surface area contributed by atoms with Crippen LogP contribution in [0.25, 0.3) is 10.4 Å².